The summed E-state index contributed by atoms with van der Waals surface area (Å²) in [6.07, 6.45) is 1.50. The third-order valence-corrected chi connectivity index (χ3v) is 8.62. The number of sulfonamides is 1. The highest BCUT2D eigenvalue weighted by Gasteiger charge is 2.28. The molecule has 0 bridgehead atoms. The van der Waals surface area contributed by atoms with Crippen LogP contribution < -0.4 is 9.73 Å². The number of anilines is 1. The standard InChI is InChI=1S/C28H25Cl3N4O3S/c1-18-9-10-23(30)15-27(18)34(39(37,38)24-7-5-4-6-8-24)17-28(36)33-32-16-21-13-19(2)35(20(21)3)26-12-11-22(29)14-25(26)31/h4-16H,17H2,1-3H3,(H,33,36)/b32-16+. The summed E-state index contributed by atoms with van der Waals surface area (Å²) in [4.78, 5) is 13.0. The SMILES string of the molecule is Cc1ccc(Cl)cc1N(CC(=O)N/N=C/c1cc(C)n(-c2ccc(Cl)cc2Cl)c1C)S(=O)(=O)c1ccccc1. The Balaban J connectivity index is 1.58. The predicted molar refractivity (Wildman–Crippen MR) is 158 cm³/mol. The molecule has 1 N–H and O–H groups in total. The molecule has 0 unspecified atom stereocenters. The average Bonchev–Trinajstić information content (AvgIpc) is 3.17. The lowest BCUT2D eigenvalue weighted by Crippen LogP contribution is -2.40. The van der Waals surface area contributed by atoms with Crippen LogP contribution in [0, 0.1) is 20.8 Å². The van der Waals surface area contributed by atoms with Crippen molar-refractivity contribution in [2.75, 3.05) is 10.8 Å². The van der Waals surface area contributed by atoms with Gasteiger partial charge in [-0.25, -0.2) is 13.8 Å². The smallest absolute Gasteiger partial charge is 0.264 e. The highest BCUT2D eigenvalue weighted by atomic mass is 35.5. The summed E-state index contributed by atoms with van der Waals surface area (Å²) in [5.74, 6) is -0.625. The Hall–Kier alpha value is -3.30. The van der Waals surface area contributed by atoms with Crippen LogP contribution in [-0.4, -0.2) is 31.7 Å². The Morgan fingerprint density at radius 2 is 1.62 bits per heavy atom. The van der Waals surface area contributed by atoms with Crippen LogP contribution in [0.15, 0.2) is 82.8 Å². The van der Waals surface area contributed by atoms with Crippen LogP contribution in [0.3, 0.4) is 0 Å². The maximum atomic E-state index is 13.5. The number of halogens is 3. The number of nitrogens with one attached hydrogen (secondary N) is 1. The van der Waals surface area contributed by atoms with Gasteiger partial charge in [0.05, 0.1) is 27.5 Å². The molecule has 4 aromatic rings. The second kappa shape index (κ2) is 11.8. The van der Waals surface area contributed by atoms with Crippen molar-refractivity contribution in [1.82, 2.24) is 9.99 Å². The number of benzene rings is 3. The van der Waals surface area contributed by atoms with Crippen molar-refractivity contribution >= 4 is 62.6 Å². The van der Waals surface area contributed by atoms with E-state index in [1.165, 1.54) is 24.4 Å². The summed E-state index contributed by atoms with van der Waals surface area (Å²) in [7, 11) is -4.08. The van der Waals surface area contributed by atoms with Gasteiger partial charge in [0.2, 0.25) is 0 Å². The van der Waals surface area contributed by atoms with E-state index in [1.54, 1.807) is 49.4 Å². The Labute approximate surface area is 242 Å². The van der Waals surface area contributed by atoms with Crippen LogP contribution in [0.5, 0.6) is 0 Å². The molecule has 0 fully saturated rings. The second-order valence-corrected chi connectivity index (χ2v) is 11.9. The van der Waals surface area contributed by atoms with Crippen molar-refractivity contribution in [2.45, 2.75) is 25.7 Å². The van der Waals surface area contributed by atoms with Crippen LogP contribution in [0.25, 0.3) is 5.69 Å². The predicted octanol–water partition coefficient (Wildman–Crippen LogP) is 6.71. The first-order valence-electron chi connectivity index (χ1n) is 11.8. The van der Waals surface area contributed by atoms with Gasteiger partial charge in [-0.05, 0) is 74.9 Å². The van der Waals surface area contributed by atoms with Gasteiger partial charge in [-0.15, -0.1) is 0 Å². The van der Waals surface area contributed by atoms with E-state index in [2.05, 4.69) is 10.5 Å². The van der Waals surface area contributed by atoms with Gasteiger partial charge >= 0.3 is 0 Å². The number of aryl methyl sites for hydroxylation is 2. The van der Waals surface area contributed by atoms with Gasteiger partial charge in [0.25, 0.3) is 15.9 Å². The molecule has 1 amide bonds. The molecule has 202 valence electrons. The third kappa shape index (κ3) is 6.31. The van der Waals surface area contributed by atoms with Gasteiger partial charge in [0.15, 0.2) is 0 Å². The normalized spacial score (nSPS) is 11.6. The van der Waals surface area contributed by atoms with Crippen molar-refractivity contribution in [3.63, 3.8) is 0 Å². The summed E-state index contributed by atoms with van der Waals surface area (Å²) in [6.45, 7) is 5.07. The first-order chi connectivity index (χ1) is 18.5. The highest BCUT2D eigenvalue weighted by Crippen LogP contribution is 2.30. The van der Waals surface area contributed by atoms with Crippen LogP contribution in [-0.2, 0) is 14.8 Å². The number of hydrazone groups is 1. The van der Waals surface area contributed by atoms with Crippen LogP contribution in [0.2, 0.25) is 15.1 Å². The largest absolute Gasteiger partial charge is 0.316 e. The number of rotatable bonds is 8. The maximum Gasteiger partial charge on any atom is 0.264 e. The van der Waals surface area contributed by atoms with Crippen molar-refractivity contribution in [2.24, 2.45) is 5.10 Å². The van der Waals surface area contributed by atoms with Crippen LogP contribution >= 0.6 is 34.8 Å². The first kappa shape index (κ1) is 28.7. The second-order valence-electron chi connectivity index (χ2n) is 8.81. The van der Waals surface area contributed by atoms with Crippen molar-refractivity contribution < 1.29 is 13.2 Å². The molecule has 0 spiro atoms. The average molecular weight is 604 g/mol. The number of nitrogens with zero attached hydrogens (tertiary/aromatic N) is 3. The molecule has 11 heteroatoms. The van der Waals surface area contributed by atoms with E-state index < -0.39 is 22.5 Å². The zero-order chi connectivity index (χ0) is 28.3. The summed E-state index contributed by atoms with van der Waals surface area (Å²) in [6, 6.07) is 19.9. The molecule has 0 aliphatic heterocycles. The Bertz CT molecular complexity index is 1670. The lowest BCUT2D eigenvalue weighted by Gasteiger charge is -2.25. The van der Waals surface area contributed by atoms with E-state index in [4.69, 9.17) is 34.8 Å². The Morgan fingerprint density at radius 3 is 2.31 bits per heavy atom. The molecular formula is C28H25Cl3N4O3S. The topological polar surface area (TPSA) is 83.8 Å². The quantitative estimate of drug-likeness (QED) is 0.180. The van der Waals surface area contributed by atoms with Gasteiger partial charge < -0.3 is 4.57 Å². The minimum Gasteiger partial charge on any atom is -0.316 e. The molecule has 0 atom stereocenters. The zero-order valence-corrected chi connectivity index (χ0v) is 24.4. The molecule has 39 heavy (non-hydrogen) atoms. The number of amides is 1. The summed E-state index contributed by atoms with van der Waals surface area (Å²) >= 11 is 18.6. The number of hydrogen-bond acceptors (Lipinski definition) is 4. The fourth-order valence-corrected chi connectivity index (χ4v) is 6.32. The van der Waals surface area contributed by atoms with E-state index in [-0.39, 0.29) is 4.90 Å². The van der Waals surface area contributed by atoms with E-state index in [0.717, 1.165) is 26.9 Å². The van der Waals surface area contributed by atoms with Gasteiger partial charge in [-0.1, -0.05) is 59.1 Å². The Kier molecular flexibility index (Phi) is 8.71. The van der Waals surface area contributed by atoms with Gasteiger partial charge in [-0.3, -0.25) is 9.10 Å². The van der Waals surface area contributed by atoms with Gasteiger partial charge in [-0.2, -0.15) is 5.10 Å². The molecule has 0 saturated carbocycles. The van der Waals surface area contributed by atoms with Crippen molar-refractivity contribution in [3.8, 4) is 5.69 Å². The molecule has 0 radical (unpaired) electrons. The van der Waals surface area contributed by atoms with E-state index in [1.807, 2.05) is 30.5 Å². The van der Waals surface area contributed by atoms with Crippen LogP contribution in [0.4, 0.5) is 5.69 Å². The molecule has 7 nitrogen and oxygen atoms in total. The molecule has 1 aromatic heterocycles. The van der Waals surface area contributed by atoms with E-state index in [9.17, 15) is 13.2 Å². The maximum absolute atomic E-state index is 13.5. The number of aromatic nitrogens is 1. The number of carbonyl (C=O) groups is 1. The molecular weight excluding hydrogens is 579 g/mol. The van der Waals surface area contributed by atoms with Crippen molar-refractivity contribution in [1.29, 1.82) is 0 Å². The Morgan fingerprint density at radius 1 is 0.949 bits per heavy atom. The summed E-state index contributed by atoms with van der Waals surface area (Å²) in [5, 5.41) is 5.47. The fraction of sp³-hybridized carbons (Fsp3) is 0.143. The minimum atomic E-state index is -4.08. The first-order valence-corrected chi connectivity index (χ1v) is 14.4. The number of carbonyl (C=O) groups excluding carboxylic acids is 1. The van der Waals surface area contributed by atoms with Gasteiger partial charge in [0.1, 0.15) is 6.54 Å². The lowest BCUT2D eigenvalue weighted by molar-refractivity contribution is -0.119. The highest BCUT2D eigenvalue weighted by molar-refractivity contribution is 7.92. The molecule has 3 aromatic carbocycles. The molecule has 0 aliphatic rings. The monoisotopic (exact) mass is 602 g/mol. The summed E-state index contributed by atoms with van der Waals surface area (Å²) in [5.41, 5.74) is 6.64. The fourth-order valence-electron chi connectivity index (χ4n) is 4.16. The molecule has 0 saturated heterocycles. The summed E-state index contributed by atoms with van der Waals surface area (Å²) < 4.78 is 30.1. The minimum absolute atomic E-state index is 0.0500. The molecule has 4 rings (SSSR count). The zero-order valence-electron chi connectivity index (χ0n) is 21.3. The van der Waals surface area contributed by atoms with Crippen molar-refractivity contribution in [3.05, 3.63) is 110 Å². The lowest BCUT2D eigenvalue weighted by atomic mass is 10.2. The molecule has 1 heterocycles. The number of hydrogen-bond donors (Lipinski definition) is 1. The molecule has 0 aliphatic carbocycles. The third-order valence-electron chi connectivity index (χ3n) is 6.07. The van der Waals surface area contributed by atoms with Gasteiger partial charge in [0, 0.05) is 27.0 Å². The van der Waals surface area contributed by atoms with E-state index >= 15 is 0 Å². The van der Waals surface area contributed by atoms with Crippen LogP contribution in [0.1, 0.15) is 22.5 Å². The van der Waals surface area contributed by atoms with E-state index in [0.29, 0.717) is 26.3 Å².